The lowest BCUT2D eigenvalue weighted by Gasteiger charge is -2.20. The molecule has 0 fully saturated rings. The van der Waals surface area contributed by atoms with E-state index in [0.717, 1.165) is 0 Å². The van der Waals surface area contributed by atoms with Gasteiger partial charge >= 0.3 is 5.97 Å². The van der Waals surface area contributed by atoms with E-state index in [9.17, 15) is 9.18 Å². The first kappa shape index (κ1) is 12.6. The minimum Gasteiger partial charge on any atom is -0.480 e. The van der Waals surface area contributed by atoms with Gasteiger partial charge in [0.2, 0.25) is 0 Å². The number of nitrogens with two attached hydrogens (primary N) is 1. The minimum atomic E-state index is -1.49. The van der Waals surface area contributed by atoms with Gasteiger partial charge in [-0.15, -0.1) is 0 Å². The Bertz CT molecular complexity index is 385. The molecule has 88 valence electrons. The van der Waals surface area contributed by atoms with E-state index < -0.39 is 17.7 Å². The second-order valence-electron chi connectivity index (χ2n) is 4.28. The molecule has 0 bridgehead atoms. The van der Waals surface area contributed by atoms with Crippen molar-refractivity contribution in [1.29, 1.82) is 0 Å². The summed E-state index contributed by atoms with van der Waals surface area (Å²) >= 11 is 0. The van der Waals surface area contributed by atoms with E-state index in [1.54, 1.807) is 24.3 Å². The predicted octanol–water partition coefficient (Wildman–Crippen LogP) is 1.85. The number of carboxylic acid groups (broad SMARTS) is 1. The quantitative estimate of drug-likeness (QED) is 0.821. The molecule has 0 aliphatic heterocycles. The first-order chi connectivity index (χ1) is 7.32. The highest BCUT2D eigenvalue weighted by Gasteiger charge is 2.23. The monoisotopic (exact) mass is 225 g/mol. The maximum absolute atomic E-state index is 13.8. The van der Waals surface area contributed by atoms with Crippen LogP contribution in [0.3, 0.4) is 0 Å². The fourth-order valence-corrected chi connectivity index (χ4v) is 1.60. The Kier molecular flexibility index (Phi) is 3.65. The van der Waals surface area contributed by atoms with Crippen LogP contribution in [0.1, 0.15) is 25.0 Å². The summed E-state index contributed by atoms with van der Waals surface area (Å²) < 4.78 is 13.8. The van der Waals surface area contributed by atoms with Gasteiger partial charge in [-0.3, -0.25) is 4.79 Å². The van der Waals surface area contributed by atoms with Crippen LogP contribution in [0.5, 0.6) is 0 Å². The topological polar surface area (TPSA) is 63.3 Å². The number of hydrogen-bond acceptors (Lipinski definition) is 2. The smallest absolute Gasteiger partial charge is 0.320 e. The van der Waals surface area contributed by atoms with Crippen LogP contribution in [0.4, 0.5) is 4.39 Å². The van der Waals surface area contributed by atoms with Crippen molar-refractivity contribution in [2.75, 3.05) is 0 Å². The van der Waals surface area contributed by atoms with Crippen molar-refractivity contribution in [3.63, 3.8) is 0 Å². The standard InChI is InChI=1S/C12H16FNO2/c1-12(2,13)9-6-4-3-5-8(9)7-10(14)11(15)16/h3-6,10H,7,14H2,1-2H3,(H,15,16). The fourth-order valence-electron chi connectivity index (χ4n) is 1.60. The molecule has 16 heavy (non-hydrogen) atoms. The van der Waals surface area contributed by atoms with Crippen LogP contribution < -0.4 is 5.73 Å². The lowest BCUT2D eigenvalue weighted by molar-refractivity contribution is -0.138. The second-order valence-corrected chi connectivity index (χ2v) is 4.28. The lowest BCUT2D eigenvalue weighted by Crippen LogP contribution is -2.33. The summed E-state index contributed by atoms with van der Waals surface area (Å²) in [7, 11) is 0. The van der Waals surface area contributed by atoms with Gasteiger partial charge in [0.05, 0.1) is 0 Å². The summed E-state index contributed by atoms with van der Waals surface area (Å²) in [5.41, 5.74) is 5.08. The van der Waals surface area contributed by atoms with Gasteiger partial charge < -0.3 is 10.8 Å². The Morgan fingerprint density at radius 1 is 1.50 bits per heavy atom. The molecule has 1 atom stereocenters. The third-order valence-electron chi connectivity index (χ3n) is 2.41. The lowest BCUT2D eigenvalue weighted by atomic mass is 9.91. The predicted molar refractivity (Wildman–Crippen MR) is 59.9 cm³/mol. The van der Waals surface area contributed by atoms with E-state index in [4.69, 9.17) is 10.8 Å². The maximum atomic E-state index is 13.8. The molecule has 0 saturated heterocycles. The molecular formula is C12H16FNO2. The summed E-state index contributed by atoms with van der Waals surface area (Å²) in [5.74, 6) is -1.08. The second kappa shape index (κ2) is 4.61. The van der Waals surface area contributed by atoms with Gasteiger partial charge in [0.15, 0.2) is 0 Å². The number of aliphatic carboxylic acids is 1. The van der Waals surface area contributed by atoms with E-state index in [-0.39, 0.29) is 6.42 Å². The highest BCUT2D eigenvalue weighted by Crippen LogP contribution is 2.28. The Morgan fingerprint density at radius 3 is 2.56 bits per heavy atom. The minimum absolute atomic E-state index is 0.138. The molecule has 0 aromatic heterocycles. The van der Waals surface area contributed by atoms with Crippen LogP contribution in [0.2, 0.25) is 0 Å². The number of rotatable bonds is 4. The van der Waals surface area contributed by atoms with Gasteiger partial charge in [0, 0.05) is 0 Å². The highest BCUT2D eigenvalue weighted by molar-refractivity contribution is 5.73. The SMILES string of the molecule is CC(C)(F)c1ccccc1CC(N)C(=O)O. The van der Waals surface area contributed by atoms with E-state index in [1.165, 1.54) is 13.8 Å². The Labute approximate surface area is 94.1 Å². The summed E-state index contributed by atoms with van der Waals surface area (Å²) in [6.07, 6.45) is 0.138. The highest BCUT2D eigenvalue weighted by atomic mass is 19.1. The summed E-state index contributed by atoms with van der Waals surface area (Å²) in [5, 5.41) is 8.72. The normalized spacial score (nSPS) is 13.5. The van der Waals surface area contributed by atoms with Crippen molar-refractivity contribution >= 4 is 5.97 Å². The van der Waals surface area contributed by atoms with Gasteiger partial charge in [-0.05, 0) is 31.4 Å². The van der Waals surface area contributed by atoms with Crippen LogP contribution >= 0.6 is 0 Å². The van der Waals surface area contributed by atoms with E-state index in [2.05, 4.69) is 0 Å². The van der Waals surface area contributed by atoms with Crippen LogP contribution in [-0.4, -0.2) is 17.1 Å². The number of hydrogen-bond donors (Lipinski definition) is 2. The van der Waals surface area contributed by atoms with Gasteiger partial charge in [-0.1, -0.05) is 24.3 Å². The summed E-state index contributed by atoms with van der Waals surface area (Å²) in [6.45, 7) is 2.89. The maximum Gasteiger partial charge on any atom is 0.320 e. The van der Waals surface area contributed by atoms with E-state index in [1.807, 2.05) is 0 Å². The molecule has 1 aromatic rings. The Balaban J connectivity index is 3.01. The molecule has 1 unspecified atom stereocenters. The zero-order valence-electron chi connectivity index (χ0n) is 9.40. The molecule has 0 spiro atoms. The molecule has 3 nitrogen and oxygen atoms in total. The number of benzene rings is 1. The third kappa shape index (κ3) is 3.03. The Morgan fingerprint density at radius 2 is 2.06 bits per heavy atom. The third-order valence-corrected chi connectivity index (χ3v) is 2.41. The molecule has 0 aliphatic carbocycles. The van der Waals surface area contributed by atoms with Crippen molar-refractivity contribution in [1.82, 2.24) is 0 Å². The van der Waals surface area contributed by atoms with Gasteiger partial charge in [0.25, 0.3) is 0 Å². The van der Waals surface area contributed by atoms with Gasteiger partial charge in [-0.25, -0.2) is 4.39 Å². The fraction of sp³-hybridized carbons (Fsp3) is 0.417. The van der Waals surface area contributed by atoms with Crippen molar-refractivity contribution in [3.8, 4) is 0 Å². The zero-order valence-corrected chi connectivity index (χ0v) is 9.40. The zero-order chi connectivity index (χ0) is 12.3. The van der Waals surface area contributed by atoms with Crippen LogP contribution in [0.15, 0.2) is 24.3 Å². The average molecular weight is 225 g/mol. The molecule has 0 heterocycles. The van der Waals surface area contributed by atoms with Crippen LogP contribution in [0, 0.1) is 0 Å². The molecule has 1 aromatic carbocycles. The number of carbonyl (C=O) groups is 1. The van der Waals surface area contributed by atoms with Crippen LogP contribution in [0.25, 0.3) is 0 Å². The molecule has 0 saturated carbocycles. The van der Waals surface area contributed by atoms with Gasteiger partial charge in [0.1, 0.15) is 11.7 Å². The van der Waals surface area contributed by atoms with Crippen molar-refractivity contribution in [2.45, 2.75) is 32.0 Å². The molecule has 0 aliphatic rings. The molecule has 3 N–H and O–H groups in total. The van der Waals surface area contributed by atoms with Crippen molar-refractivity contribution < 1.29 is 14.3 Å². The average Bonchev–Trinajstić information content (AvgIpc) is 2.16. The first-order valence-corrected chi connectivity index (χ1v) is 5.08. The number of alkyl halides is 1. The van der Waals surface area contributed by atoms with Crippen LogP contribution in [-0.2, 0) is 16.9 Å². The van der Waals surface area contributed by atoms with Crippen molar-refractivity contribution in [3.05, 3.63) is 35.4 Å². The first-order valence-electron chi connectivity index (χ1n) is 5.08. The van der Waals surface area contributed by atoms with E-state index in [0.29, 0.717) is 11.1 Å². The molecule has 1 rings (SSSR count). The summed E-state index contributed by atoms with van der Waals surface area (Å²) in [4.78, 5) is 10.6. The molecule has 4 heteroatoms. The largest absolute Gasteiger partial charge is 0.480 e. The summed E-state index contributed by atoms with van der Waals surface area (Å²) in [6, 6.07) is 5.85. The van der Waals surface area contributed by atoms with Gasteiger partial charge in [-0.2, -0.15) is 0 Å². The van der Waals surface area contributed by atoms with E-state index >= 15 is 0 Å². The molecule has 0 amide bonds. The molecule has 0 radical (unpaired) electrons. The van der Waals surface area contributed by atoms with Crippen molar-refractivity contribution in [2.24, 2.45) is 5.73 Å². The molecular weight excluding hydrogens is 209 g/mol. The number of carboxylic acids is 1. The number of halogens is 1. The Hall–Kier alpha value is -1.42.